The van der Waals surface area contributed by atoms with Crippen LogP contribution in [-0.4, -0.2) is 32.7 Å². The van der Waals surface area contributed by atoms with Gasteiger partial charge in [0.15, 0.2) is 6.79 Å². The SMILES string of the molecule is CCOCOc1ccc(C2(c3ccc(OCC4CO4)cc3)c3cc4ccccc4cc3-c3cc4ccccc4cc32)cc1. The van der Waals surface area contributed by atoms with Gasteiger partial charge in [0.25, 0.3) is 0 Å². The van der Waals surface area contributed by atoms with Crippen LogP contribution in [0.5, 0.6) is 11.5 Å². The molecule has 0 aromatic heterocycles. The summed E-state index contributed by atoms with van der Waals surface area (Å²) >= 11 is 0. The van der Waals surface area contributed by atoms with E-state index in [0.29, 0.717) is 13.2 Å². The van der Waals surface area contributed by atoms with Crippen LogP contribution in [0.2, 0.25) is 0 Å². The van der Waals surface area contributed by atoms with E-state index in [1.54, 1.807) is 0 Å². The highest BCUT2D eigenvalue weighted by Crippen LogP contribution is 2.58. The van der Waals surface area contributed by atoms with Crippen LogP contribution in [0.3, 0.4) is 0 Å². The zero-order chi connectivity index (χ0) is 28.8. The molecule has 0 spiro atoms. The van der Waals surface area contributed by atoms with Gasteiger partial charge in [0, 0.05) is 6.61 Å². The van der Waals surface area contributed by atoms with Gasteiger partial charge in [-0.15, -0.1) is 0 Å². The van der Waals surface area contributed by atoms with Crippen molar-refractivity contribution >= 4 is 21.5 Å². The number of rotatable bonds is 9. The Bertz CT molecular complexity index is 1850. The molecule has 1 heterocycles. The van der Waals surface area contributed by atoms with Gasteiger partial charge in [-0.3, -0.25) is 0 Å². The fourth-order valence-corrected chi connectivity index (χ4v) is 6.63. The van der Waals surface area contributed by atoms with Crippen molar-refractivity contribution in [3.8, 4) is 22.6 Å². The third-order valence-corrected chi connectivity index (χ3v) is 8.80. The second-order valence-electron chi connectivity index (χ2n) is 11.3. The van der Waals surface area contributed by atoms with E-state index in [1.165, 1.54) is 54.9 Å². The van der Waals surface area contributed by atoms with Crippen molar-refractivity contribution in [1.82, 2.24) is 0 Å². The first-order chi connectivity index (χ1) is 21.2. The van der Waals surface area contributed by atoms with Crippen molar-refractivity contribution in [2.75, 3.05) is 26.6 Å². The summed E-state index contributed by atoms with van der Waals surface area (Å²) in [7, 11) is 0. The van der Waals surface area contributed by atoms with Crippen LogP contribution in [0.4, 0.5) is 0 Å². The third kappa shape index (κ3) is 4.46. The molecule has 0 bridgehead atoms. The maximum atomic E-state index is 6.05. The Hall–Kier alpha value is -4.64. The zero-order valence-electron chi connectivity index (χ0n) is 24.1. The lowest BCUT2D eigenvalue weighted by molar-refractivity contribution is 0.0224. The van der Waals surface area contributed by atoms with Crippen LogP contribution in [0.1, 0.15) is 29.2 Å². The van der Waals surface area contributed by atoms with E-state index in [-0.39, 0.29) is 12.9 Å². The van der Waals surface area contributed by atoms with Gasteiger partial charge in [-0.25, -0.2) is 0 Å². The van der Waals surface area contributed by atoms with Gasteiger partial charge in [0.2, 0.25) is 0 Å². The second kappa shape index (κ2) is 10.6. The molecule has 8 rings (SSSR count). The molecule has 0 saturated carbocycles. The summed E-state index contributed by atoms with van der Waals surface area (Å²) in [5.41, 5.74) is 6.91. The molecule has 1 saturated heterocycles. The van der Waals surface area contributed by atoms with Crippen LogP contribution < -0.4 is 9.47 Å². The smallest absolute Gasteiger partial charge is 0.189 e. The third-order valence-electron chi connectivity index (χ3n) is 8.80. The quantitative estimate of drug-likeness (QED) is 0.100. The van der Waals surface area contributed by atoms with E-state index < -0.39 is 5.41 Å². The summed E-state index contributed by atoms with van der Waals surface area (Å²) < 4.78 is 22.7. The number of ether oxygens (including phenoxy) is 4. The number of hydrogen-bond acceptors (Lipinski definition) is 4. The molecular formula is C39H32O4. The maximum Gasteiger partial charge on any atom is 0.189 e. The average Bonchev–Trinajstić information content (AvgIpc) is 3.85. The number of fused-ring (bicyclic) bond motifs is 5. The molecule has 43 heavy (non-hydrogen) atoms. The molecule has 0 radical (unpaired) electrons. The fraction of sp³-hybridized carbons (Fsp3) is 0.179. The lowest BCUT2D eigenvalue weighted by atomic mass is 9.67. The summed E-state index contributed by atoms with van der Waals surface area (Å²) in [6, 6.07) is 44.0. The van der Waals surface area contributed by atoms with Crippen LogP contribution in [0.15, 0.2) is 121 Å². The van der Waals surface area contributed by atoms with Crippen LogP contribution in [0, 0.1) is 0 Å². The standard InChI is InChI=1S/C39H32O4/c1-2-40-25-43-33-17-13-31(14-18-33)39(30-11-15-32(16-12-30)41-23-34-24-42-34)37-21-28-9-5-3-7-26(28)19-35(37)36-20-27-8-4-6-10-29(27)22-38(36)39/h3-22,34H,2,23-25H2,1H3. The van der Waals surface area contributed by atoms with Crippen molar-refractivity contribution in [3.05, 3.63) is 144 Å². The topological polar surface area (TPSA) is 40.2 Å². The highest BCUT2D eigenvalue weighted by atomic mass is 16.7. The molecule has 0 amide bonds. The monoisotopic (exact) mass is 564 g/mol. The molecule has 6 aromatic carbocycles. The van der Waals surface area contributed by atoms with E-state index in [1.807, 2.05) is 6.92 Å². The predicted molar refractivity (Wildman–Crippen MR) is 171 cm³/mol. The number of benzene rings is 6. The molecule has 1 atom stereocenters. The Morgan fingerprint density at radius 1 is 0.628 bits per heavy atom. The molecule has 0 N–H and O–H groups in total. The summed E-state index contributed by atoms with van der Waals surface area (Å²) in [5, 5.41) is 4.93. The molecule has 4 heteroatoms. The zero-order valence-corrected chi connectivity index (χ0v) is 24.1. The lowest BCUT2D eigenvalue weighted by Gasteiger charge is -2.34. The molecular weight excluding hydrogens is 532 g/mol. The van der Waals surface area contributed by atoms with Crippen molar-refractivity contribution in [3.63, 3.8) is 0 Å². The summed E-state index contributed by atoms with van der Waals surface area (Å²) in [4.78, 5) is 0. The molecule has 212 valence electrons. The largest absolute Gasteiger partial charge is 0.491 e. The Balaban J connectivity index is 1.38. The van der Waals surface area contributed by atoms with E-state index in [9.17, 15) is 0 Å². The Morgan fingerprint density at radius 2 is 1.09 bits per heavy atom. The van der Waals surface area contributed by atoms with Gasteiger partial charge >= 0.3 is 0 Å². The average molecular weight is 565 g/mol. The first-order valence-corrected chi connectivity index (χ1v) is 15.0. The number of hydrogen-bond donors (Lipinski definition) is 0. The van der Waals surface area contributed by atoms with Gasteiger partial charge in [-0.1, -0.05) is 72.8 Å². The first kappa shape index (κ1) is 26.0. The first-order valence-electron chi connectivity index (χ1n) is 15.0. The molecule has 1 aliphatic heterocycles. The van der Waals surface area contributed by atoms with Gasteiger partial charge in [-0.2, -0.15) is 0 Å². The van der Waals surface area contributed by atoms with Gasteiger partial charge in [-0.05, 0) is 110 Å². The Morgan fingerprint density at radius 3 is 1.56 bits per heavy atom. The van der Waals surface area contributed by atoms with Crippen LogP contribution >= 0.6 is 0 Å². The molecule has 4 nitrogen and oxygen atoms in total. The van der Waals surface area contributed by atoms with Crippen LogP contribution in [-0.2, 0) is 14.9 Å². The van der Waals surface area contributed by atoms with E-state index >= 15 is 0 Å². The van der Waals surface area contributed by atoms with E-state index in [0.717, 1.165) is 18.1 Å². The minimum atomic E-state index is -0.546. The number of epoxide rings is 1. The van der Waals surface area contributed by atoms with Crippen molar-refractivity contribution in [1.29, 1.82) is 0 Å². The van der Waals surface area contributed by atoms with Gasteiger partial charge in [0.05, 0.1) is 12.0 Å². The van der Waals surface area contributed by atoms with Crippen molar-refractivity contribution in [2.45, 2.75) is 18.4 Å². The minimum Gasteiger partial charge on any atom is -0.491 e. The van der Waals surface area contributed by atoms with Crippen molar-refractivity contribution in [2.24, 2.45) is 0 Å². The highest BCUT2D eigenvalue weighted by Gasteiger charge is 2.46. The molecule has 2 aliphatic rings. The van der Waals surface area contributed by atoms with E-state index in [2.05, 4.69) is 121 Å². The molecule has 1 fully saturated rings. The van der Waals surface area contributed by atoms with Crippen molar-refractivity contribution < 1.29 is 18.9 Å². The van der Waals surface area contributed by atoms with Gasteiger partial charge < -0.3 is 18.9 Å². The summed E-state index contributed by atoms with van der Waals surface area (Å²) in [5.74, 6) is 1.64. The van der Waals surface area contributed by atoms with Gasteiger partial charge in [0.1, 0.15) is 24.2 Å². The van der Waals surface area contributed by atoms with Crippen LogP contribution in [0.25, 0.3) is 32.7 Å². The maximum absolute atomic E-state index is 6.05. The molecule has 1 unspecified atom stereocenters. The lowest BCUT2D eigenvalue weighted by Crippen LogP contribution is -2.28. The predicted octanol–water partition coefficient (Wildman–Crippen LogP) is 8.51. The normalized spacial score (nSPS) is 16.2. The summed E-state index contributed by atoms with van der Waals surface area (Å²) in [6.07, 6.45) is 0.213. The Labute approximate surface area is 251 Å². The fourth-order valence-electron chi connectivity index (χ4n) is 6.63. The molecule has 6 aromatic rings. The minimum absolute atomic E-state index is 0.213. The second-order valence-corrected chi connectivity index (χ2v) is 11.3. The summed E-state index contributed by atoms with van der Waals surface area (Å²) in [6.45, 7) is 4.18. The highest BCUT2D eigenvalue weighted by molar-refractivity contribution is 6.00. The molecule has 1 aliphatic carbocycles. The Kier molecular flexibility index (Phi) is 6.40. The van der Waals surface area contributed by atoms with E-state index in [4.69, 9.17) is 18.9 Å².